The van der Waals surface area contributed by atoms with Gasteiger partial charge in [-0.2, -0.15) is 0 Å². The van der Waals surface area contributed by atoms with Gasteiger partial charge in [0.15, 0.2) is 0 Å². The summed E-state index contributed by atoms with van der Waals surface area (Å²) in [6, 6.07) is 0. The summed E-state index contributed by atoms with van der Waals surface area (Å²) in [6.45, 7) is 13.5. The van der Waals surface area contributed by atoms with Gasteiger partial charge in [-0.3, -0.25) is 4.79 Å². The van der Waals surface area contributed by atoms with E-state index in [4.69, 9.17) is 0 Å². The second-order valence-corrected chi connectivity index (χ2v) is 5.18. The molecule has 90 valence electrons. The van der Waals surface area contributed by atoms with E-state index < -0.39 is 0 Å². The fraction of sp³-hybridized carbons (Fsp3) is 0.923. The van der Waals surface area contributed by atoms with Crippen LogP contribution in [0.25, 0.3) is 0 Å². The summed E-state index contributed by atoms with van der Waals surface area (Å²) in [5.41, 5.74) is -0.209. The van der Waals surface area contributed by atoms with Crippen molar-refractivity contribution in [2.75, 3.05) is 6.54 Å². The van der Waals surface area contributed by atoms with Crippen LogP contribution in [0.4, 0.5) is 0 Å². The van der Waals surface area contributed by atoms with Crippen LogP contribution in [0.2, 0.25) is 0 Å². The minimum atomic E-state index is -0.209. The van der Waals surface area contributed by atoms with Crippen LogP contribution in [-0.2, 0) is 4.79 Å². The summed E-state index contributed by atoms with van der Waals surface area (Å²) in [5, 5.41) is 2.97. The van der Waals surface area contributed by atoms with Gasteiger partial charge in [-0.15, -0.1) is 0 Å². The summed E-state index contributed by atoms with van der Waals surface area (Å²) in [7, 11) is 0. The lowest BCUT2D eigenvalue weighted by Gasteiger charge is -2.35. The Morgan fingerprint density at radius 1 is 1.27 bits per heavy atom. The maximum atomic E-state index is 12.1. The van der Waals surface area contributed by atoms with Crippen molar-refractivity contribution < 1.29 is 4.79 Å². The van der Waals surface area contributed by atoms with Gasteiger partial charge in [0, 0.05) is 12.0 Å². The van der Waals surface area contributed by atoms with Crippen molar-refractivity contribution in [1.82, 2.24) is 5.32 Å². The van der Waals surface area contributed by atoms with Gasteiger partial charge in [0.2, 0.25) is 5.91 Å². The summed E-state index contributed by atoms with van der Waals surface area (Å²) in [6.07, 6.45) is 2.02. The van der Waals surface area contributed by atoms with Crippen LogP contribution >= 0.6 is 0 Å². The largest absolute Gasteiger partial charge is 0.356 e. The Labute approximate surface area is 94.8 Å². The molecule has 0 aliphatic carbocycles. The van der Waals surface area contributed by atoms with Gasteiger partial charge in [-0.1, -0.05) is 41.0 Å². The van der Waals surface area contributed by atoms with Crippen molar-refractivity contribution in [1.29, 1.82) is 0 Å². The Balaban J connectivity index is 4.75. The van der Waals surface area contributed by atoms with Crippen LogP contribution in [0.5, 0.6) is 0 Å². The molecule has 1 amide bonds. The first-order chi connectivity index (χ1) is 6.88. The normalized spacial score (nSPS) is 17.3. The third kappa shape index (κ3) is 3.84. The Kier molecular flexibility index (Phi) is 5.92. The summed E-state index contributed by atoms with van der Waals surface area (Å²) in [5.74, 6) is 1.21. The Hall–Kier alpha value is -0.530. The molecule has 2 heteroatoms. The quantitative estimate of drug-likeness (QED) is 0.721. The fourth-order valence-electron chi connectivity index (χ4n) is 2.18. The van der Waals surface area contributed by atoms with Crippen LogP contribution < -0.4 is 5.32 Å². The van der Waals surface area contributed by atoms with Gasteiger partial charge >= 0.3 is 0 Å². The topological polar surface area (TPSA) is 29.1 Å². The third-order valence-corrected chi connectivity index (χ3v) is 3.39. The maximum absolute atomic E-state index is 12.1. The van der Waals surface area contributed by atoms with Crippen molar-refractivity contribution in [3.63, 3.8) is 0 Å². The first kappa shape index (κ1) is 14.5. The number of rotatable bonds is 6. The molecule has 0 aromatic carbocycles. The zero-order valence-electron chi connectivity index (χ0n) is 11.2. The smallest absolute Gasteiger partial charge is 0.226 e. The summed E-state index contributed by atoms with van der Waals surface area (Å²) in [4.78, 5) is 12.1. The monoisotopic (exact) mass is 213 g/mol. The van der Waals surface area contributed by atoms with Crippen molar-refractivity contribution >= 4 is 5.91 Å². The van der Waals surface area contributed by atoms with Gasteiger partial charge in [0.05, 0.1) is 0 Å². The molecule has 0 aliphatic rings. The highest BCUT2D eigenvalue weighted by molar-refractivity contribution is 5.82. The van der Waals surface area contributed by atoms with E-state index in [-0.39, 0.29) is 11.3 Å². The molecular weight excluding hydrogens is 186 g/mol. The van der Waals surface area contributed by atoms with Gasteiger partial charge in [0.25, 0.3) is 0 Å². The van der Waals surface area contributed by atoms with E-state index in [9.17, 15) is 4.79 Å². The molecule has 2 nitrogen and oxygen atoms in total. The van der Waals surface area contributed by atoms with E-state index in [2.05, 4.69) is 39.9 Å². The Bertz CT molecular complexity index is 201. The van der Waals surface area contributed by atoms with Crippen LogP contribution in [0, 0.1) is 17.3 Å². The molecule has 0 heterocycles. The number of nitrogens with one attached hydrogen (secondary N) is 1. The summed E-state index contributed by atoms with van der Waals surface area (Å²) >= 11 is 0. The predicted octanol–water partition coefficient (Wildman–Crippen LogP) is 3.22. The average Bonchev–Trinajstić information content (AvgIpc) is 2.15. The molecule has 1 N–H and O–H groups in total. The standard InChI is InChI=1S/C13H27NO/c1-7-11(5)13(6,9-10(3)4)12(15)14-8-2/h10-11H,7-9H2,1-6H3,(H,14,15). The third-order valence-electron chi connectivity index (χ3n) is 3.39. The maximum Gasteiger partial charge on any atom is 0.226 e. The lowest BCUT2D eigenvalue weighted by Crippen LogP contribution is -2.43. The lowest BCUT2D eigenvalue weighted by atomic mass is 9.70. The van der Waals surface area contributed by atoms with Crippen molar-refractivity contribution in [2.24, 2.45) is 17.3 Å². The second kappa shape index (κ2) is 6.14. The molecule has 0 saturated heterocycles. The van der Waals surface area contributed by atoms with E-state index in [1.165, 1.54) is 0 Å². The zero-order chi connectivity index (χ0) is 12.1. The Morgan fingerprint density at radius 3 is 2.13 bits per heavy atom. The highest BCUT2D eigenvalue weighted by Crippen LogP contribution is 2.36. The van der Waals surface area contributed by atoms with Crippen LogP contribution in [0.3, 0.4) is 0 Å². The molecule has 0 rings (SSSR count). The molecule has 0 bridgehead atoms. The van der Waals surface area contributed by atoms with E-state index in [1.807, 2.05) is 6.92 Å². The second-order valence-electron chi connectivity index (χ2n) is 5.18. The van der Waals surface area contributed by atoms with Crippen LogP contribution in [0.15, 0.2) is 0 Å². The van der Waals surface area contributed by atoms with E-state index in [0.29, 0.717) is 11.8 Å². The van der Waals surface area contributed by atoms with E-state index in [0.717, 1.165) is 19.4 Å². The molecule has 15 heavy (non-hydrogen) atoms. The molecule has 0 saturated carbocycles. The predicted molar refractivity (Wildman–Crippen MR) is 65.7 cm³/mol. The minimum Gasteiger partial charge on any atom is -0.356 e. The van der Waals surface area contributed by atoms with Crippen LogP contribution in [0.1, 0.15) is 54.4 Å². The lowest BCUT2D eigenvalue weighted by molar-refractivity contribution is -0.134. The number of carbonyl (C=O) groups excluding carboxylic acids is 1. The molecule has 0 aromatic heterocycles. The average molecular weight is 213 g/mol. The molecular formula is C13H27NO. The van der Waals surface area contributed by atoms with Gasteiger partial charge in [0.1, 0.15) is 0 Å². The molecule has 0 aliphatic heterocycles. The van der Waals surface area contributed by atoms with Gasteiger partial charge < -0.3 is 5.32 Å². The SMILES string of the molecule is CCNC(=O)C(C)(CC(C)C)C(C)CC. The van der Waals surface area contributed by atoms with Gasteiger partial charge in [-0.25, -0.2) is 0 Å². The number of carbonyl (C=O) groups is 1. The number of hydrogen-bond acceptors (Lipinski definition) is 1. The minimum absolute atomic E-state index is 0.209. The van der Waals surface area contributed by atoms with E-state index in [1.54, 1.807) is 0 Å². The van der Waals surface area contributed by atoms with Crippen LogP contribution in [-0.4, -0.2) is 12.5 Å². The highest BCUT2D eigenvalue weighted by atomic mass is 16.2. The van der Waals surface area contributed by atoms with E-state index >= 15 is 0 Å². The molecule has 0 radical (unpaired) electrons. The molecule has 2 atom stereocenters. The molecule has 0 fully saturated rings. The molecule has 0 spiro atoms. The molecule has 0 aromatic rings. The summed E-state index contributed by atoms with van der Waals surface area (Å²) < 4.78 is 0. The Morgan fingerprint density at radius 2 is 1.80 bits per heavy atom. The molecule has 2 unspecified atom stereocenters. The van der Waals surface area contributed by atoms with Gasteiger partial charge in [-0.05, 0) is 25.2 Å². The fourth-order valence-corrected chi connectivity index (χ4v) is 2.18. The first-order valence-corrected chi connectivity index (χ1v) is 6.16. The van der Waals surface area contributed by atoms with Crippen molar-refractivity contribution in [2.45, 2.75) is 54.4 Å². The number of amides is 1. The number of hydrogen-bond donors (Lipinski definition) is 1. The highest BCUT2D eigenvalue weighted by Gasteiger charge is 2.37. The first-order valence-electron chi connectivity index (χ1n) is 6.16. The van der Waals surface area contributed by atoms with Crippen molar-refractivity contribution in [3.8, 4) is 0 Å². The zero-order valence-corrected chi connectivity index (χ0v) is 11.2. The van der Waals surface area contributed by atoms with Crippen molar-refractivity contribution in [3.05, 3.63) is 0 Å².